The summed E-state index contributed by atoms with van der Waals surface area (Å²) >= 11 is 2.26. The van der Waals surface area contributed by atoms with Crippen molar-refractivity contribution in [1.29, 1.82) is 0 Å². The van der Waals surface area contributed by atoms with Gasteiger partial charge in [0.05, 0.1) is 6.04 Å². The van der Waals surface area contributed by atoms with E-state index >= 15 is 0 Å². The number of hydrogen-bond donors (Lipinski definition) is 1. The zero-order valence-corrected chi connectivity index (χ0v) is 16.5. The van der Waals surface area contributed by atoms with E-state index in [-0.39, 0.29) is 17.6 Å². The van der Waals surface area contributed by atoms with Crippen molar-refractivity contribution >= 4 is 34.1 Å². The number of anilines is 1. The molecule has 0 heterocycles. The van der Waals surface area contributed by atoms with Gasteiger partial charge >= 0.3 is 0 Å². The molecule has 1 atom stereocenters. The van der Waals surface area contributed by atoms with Gasteiger partial charge in [-0.1, -0.05) is 29.8 Å². The Labute approximate surface area is 166 Å². The van der Waals surface area contributed by atoms with Crippen molar-refractivity contribution < 1.29 is 9.18 Å². The molecule has 0 bridgehead atoms. The highest BCUT2D eigenvalue weighted by Crippen LogP contribution is 2.25. The van der Waals surface area contributed by atoms with E-state index in [4.69, 9.17) is 0 Å². The van der Waals surface area contributed by atoms with E-state index in [2.05, 4.69) is 27.9 Å². The first-order valence-corrected chi connectivity index (χ1v) is 9.46. The summed E-state index contributed by atoms with van der Waals surface area (Å²) in [5, 5.41) is 3.46. The molecule has 132 valence electrons. The van der Waals surface area contributed by atoms with Crippen molar-refractivity contribution in [2.45, 2.75) is 19.4 Å². The molecule has 26 heavy (non-hydrogen) atoms. The molecule has 4 heteroatoms. The van der Waals surface area contributed by atoms with E-state index in [0.29, 0.717) is 12.0 Å². The quantitative estimate of drug-likeness (QED) is 0.353. The van der Waals surface area contributed by atoms with Crippen molar-refractivity contribution in [3.05, 3.63) is 98.9 Å². The highest BCUT2D eigenvalue weighted by Gasteiger charge is 2.17. The molecule has 1 unspecified atom stereocenters. The molecule has 1 N–H and O–H groups in total. The van der Waals surface area contributed by atoms with Crippen molar-refractivity contribution in [3.63, 3.8) is 0 Å². The molecule has 0 spiro atoms. The number of halogens is 2. The number of aryl methyl sites for hydroxylation is 1. The van der Waals surface area contributed by atoms with Crippen molar-refractivity contribution in [3.8, 4) is 0 Å². The van der Waals surface area contributed by atoms with E-state index in [9.17, 15) is 9.18 Å². The highest BCUT2D eigenvalue weighted by molar-refractivity contribution is 14.1. The van der Waals surface area contributed by atoms with Crippen LogP contribution in [0.15, 0.2) is 72.8 Å². The number of ketones is 1. The van der Waals surface area contributed by atoms with Gasteiger partial charge in [-0.25, -0.2) is 4.39 Å². The summed E-state index contributed by atoms with van der Waals surface area (Å²) in [7, 11) is 0. The summed E-state index contributed by atoms with van der Waals surface area (Å²) in [4.78, 5) is 12.7. The lowest BCUT2D eigenvalue weighted by Gasteiger charge is -2.20. The second-order valence-electron chi connectivity index (χ2n) is 6.25. The molecular formula is C22H19FINO. The van der Waals surface area contributed by atoms with Gasteiger partial charge in [-0.2, -0.15) is 0 Å². The lowest BCUT2D eigenvalue weighted by molar-refractivity contribution is 0.0976. The number of carbonyl (C=O) groups excluding carboxylic acids is 1. The van der Waals surface area contributed by atoms with Crippen LogP contribution in [0.25, 0.3) is 0 Å². The Hall–Kier alpha value is -2.21. The average molecular weight is 459 g/mol. The van der Waals surface area contributed by atoms with Crippen LogP contribution >= 0.6 is 22.6 Å². The Morgan fingerprint density at radius 1 is 0.962 bits per heavy atom. The summed E-state index contributed by atoms with van der Waals surface area (Å²) in [5.74, 6) is -0.359. The van der Waals surface area contributed by atoms with Crippen LogP contribution in [0.1, 0.15) is 33.9 Å². The Bertz CT molecular complexity index is 874. The summed E-state index contributed by atoms with van der Waals surface area (Å²) < 4.78 is 14.3. The normalized spacial score (nSPS) is 11.8. The number of nitrogens with one attached hydrogen (secondary N) is 1. The largest absolute Gasteiger partial charge is 0.378 e. The van der Waals surface area contributed by atoms with Crippen LogP contribution in [0.2, 0.25) is 0 Å². The summed E-state index contributed by atoms with van der Waals surface area (Å²) in [5.41, 5.74) is 3.70. The van der Waals surface area contributed by atoms with Crippen LogP contribution in [0.5, 0.6) is 0 Å². The molecule has 0 radical (unpaired) electrons. The van der Waals surface area contributed by atoms with Gasteiger partial charge in [-0.05, 0) is 83.6 Å². The van der Waals surface area contributed by atoms with Gasteiger partial charge in [-0.15, -0.1) is 0 Å². The summed E-state index contributed by atoms with van der Waals surface area (Å²) in [6, 6.07) is 21.8. The standard InChI is InChI=1S/C22H19FINO/c1-15-2-4-16(5-3-15)21(25-20-12-10-19(24)11-13-20)14-22(26)17-6-8-18(23)9-7-17/h2-13,21,25H,14H2,1H3. The minimum Gasteiger partial charge on any atom is -0.378 e. The molecule has 2 nitrogen and oxygen atoms in total. The van der Waals surface area contributed by atoms with Gasteiger partial charge in [0.25, 0.3) is 0 Å². The molecule has 0 saturated heterocycles. The first kappa shape index (κ1) is 18.6. The maximum atomic E-state index is 13.1. The summed E-state index contributed by atoms with van der Waals surface area (Å²) in [6.07, 6.45) is 0.292. The zero-order valence-electron chi connectivity index (χ0n) is 14.4. The predicted octanol–water partition coefficient (Wildman–Crippen LogP) is 6.16. The third-order valence-electron chi connectivity index (χ3n) is 4.22. The SMILES string of the molecule is Cc1ccc(C(CC(=O)c2ccc(F)cc2)Nc2ccc(I)cc2)cc1. The molecule has 0 aromatic heterocycles. The number of hydrogen-bond acceptors (Lipinski definition) is 2. The maximum Gasteiger partial charge on any atom is 0.165 e. The molecule has 0 aliphatic carbocycles. The predicted molar refractivity (Wildman–Crippen MR) is 112 cm³/mol. The molecule has 0 fully saturated rings. The molecule has 0 aliphatic rings. The molecule has 3 aromatic carbocycles. The van der Waals surface area contributed by atoms with E-state index in [1.807, 2.05) is 55.5 Å². The van der Waals surface area contributed by atoms with Gasteiger partial charge in [0.1, 0.15) is 5.82 Å². The molecule has 0 saturated carbocycles. The van der Waals surface area contributed by atoms with Crippen molar-refractivity contribution in [1.82, 2.24) is 0 Å². The van der Waals surface area contributed by atoms with Crippen LogP contribution in [0.4, 0.5) is 10.1 Å². The first-order valence-electron chi connectivity index (χ1n) is 8.39. The van der Waals surface area contributed by atoms with Gasteiger partial charge in [0, 0.05) is 21.2 Å². The highest BCUT2D eigenvalue weighted by atomic mass is 127. The monoisotopic (exact) mass is 459 g/mol. The smallest absolute Gasteiger partial charge is 0.165 e. The molecule has 0 aliphatic heterocycles. The number of benzene rings is 3. The fourth-order valence-electron chi connectivity index (χ4n) is 2.74. The lowest BCUT2D eigenvalue weighted by atomic mass is 9.97. The van der Waals surface area contributed by atoms with Crippen molar-refractivity contribution in [2.75, 3.05) is 5.32 Å². The minimum atomic E-state index is -0.339. The number of carbonyl (C=O) groups is 1. The lowest BCUT2D eigenvalue weighted by Crippen LogP contribution is -2.16. The topological polar surface area (TPSA) is 29.1 Å². The van der Waals surface area contributed by atoms with Crippen LogP contribution in [-0.2, 0) is 0 Å². The second-order valence-corrected chi connectivity index (χ2v) is 7.49. The zero-order chi connectivity index (χ0) is 18.5. The van der Waals surface area contributed by atoms with Crippen LogP contribution in [0, 0.1) is 16.3 Å². The van der Waals surface area contributed by atoms with Crippen LogP contribution in [-0.4, -0.2) is 5.78 Å². The van der Waals surface area contributed by atoms with Gasteiger partial charge in [-0.3, -0.25) is 4.79 Å². The maximum absolute atomic E-state index is 13.1. The molecule has 3 aromatic rings. The summed E-state index contributed by atoms with van der Waals surface area (Å²) in [6.45, 7) is 2.04. The van der Waals surface area contributed by atoms with Gasteiger partial charge < -0.3 is 5.32 Å². The fraction of sp³-hybridized carbons (Fsp3) is 0.136. The third kappa shape index (κ3) is 4.91. The molecular weight excluding hydrogens is 440 g/mol. The Kier molecular flexibility index (Phi) is 6.04. The molecule has 3 rings (SSSR count). The van der Waals surface area contributed by atoms with E-state index in [1.165, 1.54) is 29.8 Å². The van der Waals surface area contributed by atoms with Crippen LogP contribution in [0.3, 0.4) is 0 Å². The Morgan fingerprint density at radius 3 is 2.19 bits per heavy atom. The van der Waals surface area contributed by atoms with E-state index in [1.54, 1.807) is 0 Å². The van der Waals surface area contributed by atoms with E-state index < -0.39 is 0 Å². The van der Waals surface area contributed by atoms with Gasteiger partial charge in [0.15, 0.2) is 5.78 Å². The average Bonchev–Trinajstić information content (AvgIpc) is 2.64. The second kappa shape index (κ2) is 8.45. The van der Waals surface area contributed by atoms with E-state index in [0.717, 1.165) is 14.8 Å². The number of rotatable bonds is 6. The minimum absolute atomic E-state index is 0.0198. The molecule has 0 amide bonds. The first-order chi connectivity index (χ1) is 12.5. The van der Waals surface area contributed by atoms with Gasteiger partial charge in [0.2, 0.25) is 0 Å². The fourth-order valence-corrected chi connectivity index (χ4v) is 3.10. The Balaban J connectivity index is 1.84. The Morgan fingerprint density at radius 2 is 1.58 bits per heavy atom. The number of Topliss-reactive ketones (excluding diaryl/α,β-unsaturated/α-hetero) is 1. The third-order valence-corrected chi connectivity index (χ3v) is 4.94. The van der Waals surface area contributed by atoms with Crippen LogP contribution < -0.4 is 5.32 Å². The van der Waals surface area contributed by atoms with Crippen molar-refractivity contribution in [2.24, 2.45) is 0 Å².